The molecule has 132 valence electrons. The van der Waals surface area contributed by atoms with Crippen molar-refractivity contribution in [3.63, 3.8) is 0 Å². The molecule has 0 aromatic carbocycles. The highest BCUT2D eigenvalue weighted by atomic mass is 16.5. The van der Waals surface area contributed by atoms with Crippen molar-refractivity contribution in [1.82, 2.24) is 0 Å². The molecule has 2 saturated carbocycles. The molecule has 0 aliphatic heterocycles. The second-order valence-corrected chi connectivity index (χ2v) is 8.08. The summed E-state index contributed by atoms with van der Waals surface area (Å²) < 4.78 is 6.26. The minimum absolute atomic E-state index is 0.103. The molecule has 0 saturated heterocycles. The number of hydrogen-bond donors (Lipinski definition) is 2. The van der Waals surface area contributed by atoms with E-state index in [1.807, 2.05) is 0 Å². The summed E-state index contributed by atoms with van der Waals surface area (Å²) in [5, 5.41) is 0. The average molecular weight is 322 g/mol. The van der Waals surface area contributed by atoms with Gasteiger partial charge in [0.2, 0.25) is 0 Å². The van der Waals surface area contributed by atoms with Gasteiger partial charge in [-0.25, -0.2) is 0 Å². The topological polar surface area (TPSA) is 73.6 Å². The van der Waals surface area contributed by atoms with Gasteiger partial charge < -0.3 is 16.2 Å². The molecule has 0 aromatic heterocycles. The summed E-state index contributed by atoms with van der Waals surface area (Å²) in [5.41, 5.74) is 12.6. The number of ether oxygens (including phenoxy) is 1. The number of nitrogens with zero attached hydrogens (tertiary/aromatic N) is 1. The van der Waals surface area contributed by atoms with E-state index in [0.717, 1.165) is 37.9 Å². The summed E-state index contributed by atoms with van der Waals surface area (Å²) in [6, 6.07) is 0.318. The fourth-order valence-corrected chi connectivity index (χ4v) is 3.44. The highest BCUT2D eigenvalue weighted by Gasteiger charge is 2.38. The largest absolute Gasteiger partial charge is 0.387 e. The van der Waals surface area contributed by atoms with Gasteiger partial charge in [0.15, 0.2) is 0 Å². The molecule has 0 spiro atoms. The second kappa shape index (κ2) is 7.80. The van der Waals surface area contributed by atoms with Gasteiger partial charge in [-0.05, 0) is 44.9 Å². The highest BCUT2D eigenvalue weighted by molar-refractivity contribution is 5.87. The first-order valence-electron chi connectivity index (χ1n) is 9.23. The first-order chi connectivity index (χ1) is 10.8. The molecule has 0 radical (unpaired) electrons. The van der Waals surface area contributed by atoms with Crippen LogP contribution in [0.5, 0.6) is 0 Å². The van der Waals surface area contributed by atoms with E-state index in [9.17, 15) is 0 Å². The van der Waals surface area contributed by atoms with Crippen molar-refractivity contribution in [2.24, 2.45) is 27.8 Å². The van der Waals surface area contributed by atoms with Crippen molar-refractivity contribution < 1.29 is 4.74 Å². The number of amidine groups is 1. The van der Waals surface area contributed by atoms with Gasteiger partial charge in [-0.2, -0.15) is 0 Å². The lowest BCUT2D eigenvalue weighted by Gasteiger charge is -2.40. The van der Waals surface area contributed by atoms with Crippen molar-refractivity contribution in [1.29, 1.82) is 0 Å². The lowest BCUT2D eigenvalue weighted by molar-refractivity contribution is -0.0132. The van der Waals surface area contributed by atoms with Crippen LogP contribution in [0.2, 0.25) is 0 Å². The first-order valence-corrected chi connectivity index (χ1v) is 9.23. The molecular weight excluding hydrogens is 286 g/mol. The standard InChI is InChI=1S/C19H35N3O/c1-13(2)6-7-14(3)23-17-9-8-15(20)12-16(17)22-18(21)19(4)10-5-11-19/h6-7,13-17H,5,8-12,20H2,1-4H3,(H2,21,22)/b7-6+. The Morgan fingerprint density at radius 2 is 1.91 bits per heavy atom. The number of rotatable bonds is 6. The Kier molecular flexibility index (Phi) is 6.26. The van der Waals surface area contributed by atoms with Crippen LogP contribution < -0.4 is 11.5 Å². The highest BCUT2D eigenvalue weighted by Crippen LogP contribution is 2.41. The van der Waals surface area contributed by atoms with Crippen LogP contribution in [0.4, 0.5) is 0 Å². The van der Waals surface area contributed by atoms with Gasteiger partial charge in [0.1, 0.15) is 5.84 Å². The van der Waals surface area contributed by atoms with E-state index in [-0.39, 0.29) is 29.7 Å². The van der Waals surface area contributed by atoms with Crippen LogP contribution >= 0.6 is 0 Å². The van der Waals surface area contributed by atoms with E-state index >= 15 is 0 Å². The van der Waals surface area contributed by atoms with Crippen LogP contribution in [0, 0.1) is 11.3 Å². The number of nitrogens with two attached hydrogens (primary N) is 2. The molecule has 2 fully saturated rings. The average Bonchev–Trinajstić information content (AvgIpc) is 2.45. The summed E-state index contributed by atoms with van der Waals surface area (Å²) in [6.07, 6.45) is 11.0. The van der Waals surface area contributed by atoms with Crippen LogP contribution in [0.3, 0.4) is 0 Å². The number of allylic oxidation sites excluding steroid dienone is 1. The third kappa shape index (κ3) is 5.05. The summed E-state index contributed by atoms with van der Waals surface area (Å²) in [6.45, 7) is 8.68. The maximum atomic E-state index is 6.32. The SMILES string of the molecule is CC(C)/C=C/C(C)OC1CCC(N)CC1N=C(N)C1(C)CCC1. The van der Waals surface area contributed by atoms with Gasteiger partial charge in [-0.3, -0.25) is 4.99 Å². The molecule has 4 heteroatoms. The van der Waals surface area contributed by atoms with Crippen molar-refractivity contribution in [2.45, 2.75) is 90.5 Å². The Bertz CT molecular complexity index is 440. The predicted molar refractivity (Wildman–Crippen MR) is 97.5 cm³/mol. The van der Waals surface area contributed by atoms with Gasteiger partial charge in [-0.1, -0.05) is 39.3 Å². The molecule has 2 aliphatic rings. The fraction of sp³-hybridized carbons (Fsp3) is 0.842. The monoisotopic (exact) mass is 321 g/mol. The molecule has 4 unspecified atom stereocenters. The van der Waals surface area contributed by atoms with E-state index in [0.29, 0.717) is 5.92 Å². The molecule has 2 rings (SSSR count). The predicted octanol–water partition coefficient (Wildman–Crippen LogP) is 3.40. The molecule has 0 heterocycles. The normalized spacial score (nSPS) is 33.0. The minimum Gasteiger partial charge on any atom is -0.387 e. The van der Waals surface area contributed by atoms with Crippen LogP contribution in [0.15, 0.2) is 17.1 Å². The van der Waals surface area contributed by atoms with Gasteiger partial charge in [-0.15, -0.1) is 0 Å². The smallest absolute Gasteiger partial charge is 0.100 e. The Morgan fingerprint density at radius 3 is 2.48 bits per heavy atom. The van der Waals surface area contributed by atoms with Gasteiger partial charge in [0.25, 0.3) is 0 Å². The summed E-state index contributed by atoms with van der Waals surface area (Å²) in [4.78, 5) is 4.88. The lowest BCUT2D eigenvalue weighted by Crippen LogP contribution is -2.46. The van der Waals surface area contributed by atoms with Crippen LogP contribution in [-0.2, 0) is 4.74 Å². The number of hydrogen-bond acceptors (Lipinski definition) is 3. The van der Waals surface area contributed by atoms with Crippen molar-refractivity contribution >= 4 is 5.84 Å². The van der Waals surface area contributed by atoms with E-state index in [1.165, 1.54) is 6.42 Å². The van der Waals surface area contributed by atoms with Crippen LogP contribution in [0.25, 0.3) is 0 Å². The maximum absolute atomic E-state index is 6.32. The number of aliphatic imine (C=N–C) groups is 1. The lowest BCUT2D eigenvalue weighted by atomic mass is 9.69. The maximum Gasteiger partial charge on any atom is 0.100 e. The van der Waals surface area contributed by atoms with Crippen LogP contribution in [0.1, 0.15) is 66.2 Å². The Balaban J connectivity index is 2.02. The molecule has 0 bridgehead atoms. The van der Waals surface area contributed by atoms with Gasteiger partial charge >= 0.3 is 0 Å². The Hall–Kier alpha value is -0.870. The summed E-state index contributed by atoms with van der Waals surface area (Å²) >= 11 is 0. The van der Waals surface area contributed by atoms with E-state index in [1.54, 1.807) is 0 Å². The van der Waals surface area contributed by atoms with Crippen molar-refractivity contribution in [3.05, 3.63) is 12.2 Å². The Labute approximate surface area is 141 Å². The Morgan fingerprint density at radius 1 is 1.22 bits per heavy atom. The quantitative estimate of drug-likeness (QED) is 0.447. The summed E-state index contributed by atoms with van der Waals surface area (Å²) in [7, 11) is 0. The molecule has 2 aliphatic carbocycles. The third-order valence-electron chi connectivity index (χ3n) is 5.33. The molecule has 4 atom stereocenters. The molecule has 0 aromatic rings. The summed E-state index contributed by atoms with van der Waals surface area (Å²) in [5.74, 6) is 1.35. The fourth-order valence-electron chi connectivity index (χ4n) is 3.44. The van der Waals surface area contributed by atoms with Crippen molar-refractivity contribution in [3.8, 4) is 0 Å². The zero-order valence-corrected chi connectivity index (χ0v) is 15.3. The molecule has 4 N–H and O–H groups in total. The van der Waals surface area contributed by atoms with E-state index < -0.39 is 0 Å². The second-order valence-electron chi connectivity index (χ2n) is 8.08. The molecule has 23 heavy (non-hydrogen) atoms. The first kappa shape index (κ1) is 18.5. The zero-order chi connectivity index (χ0) is 17.0. The minimum atomic E-state index is 0.103. The van der Waals surface area contributed by atoms with Gasteiger partial charge in [0.05, 0.1) is 18.2 Å². The van der Waals surface area contributed by atoms with Crippen molar-refractivity contribution in [2.75, 3.05) is 0 Å². The van der Waals surface area contributed by atoms with E-state index in [2.05, 4.69) is 39.8 Å². The third-order valence-corrected chi connectivity index (χ3v) is 5.33. The zero-order valence-electron chi connectivity index (χ0n) is 15.3. The molecular formula is C19H35N3O. The molecule has 0 amide bonds. The van der Waals surface area contributed by atoms with E-state index in [4.69, 9.17) is 21.2 Å². The van der Waals surface area contributed by atoms with Crippen LogP contribution in [-0.4, -0.2) is 30.1 Å². The molecule has 4 nitrogen and oxygen atoms in total. The van der Waals surface area contributed by atoms with Gasteiger partial charge in [0, 0.05) is 11.5 Å².